The molecule has 0 saturated heterocycles. The number of aromatic nitrogens is 1. The summed E-state index contributed by atoms with van der Waals surface area (Å²) in [5.41, 5.74) is 6.89. The third kappa shape index (κ3) is 2.40. The van der Waals surface area contributed by atoms with Crippen LogP contribution in [0.4, 0.5) is 5.69 Å². The first-order chi connectivity index (χ1) is 5.74. The number of nitrogen functional groups attached to an aromatic ring is 1. The Kier molecular flexibility index (Phi) is 3.39. The maximum Gasteiger partial charge on any atom is 0.131 e. The molecule has 0 aromatic carbocycles. The zero-order valence-corrected chi connectivity index (χ0v) is 8.48. The van der Waals surface area contributed by atoms with Crippen molar-refractivity contribution in [1.29, 1.82) is 0 Å². The second-order valence-electron chi connectivity index (χ2n) is 2.03. The van der Waals surface area contributed by atoms with Crippen LogP contribution in [0, 0.1) is 11.8 Å². The molecule has 0 spiro atoms. The molecule has 0 aliphatic heterocycles. The molecule has 0 saturated carbocycles. The lowest BCUT2D eigenvalue weighted by Crippen LogP contribution is -1.91. The Morgan fingerprint density at radius 1 is 1.67 bits per heavy atom. The Hall–Kier alpha value is -0.720. The van der Waals surface area contributed by atoms with Gasteiger partial charge in [0.1, 0.15) is 5.15 Å². The summed E-state index contributed by atoms with van der Waals surface area (Å²) in [4.78, 5) is 3.86. The number of rotatable bonds is 0. The van der Waals surface area contributed by atoms with Gasteiger partial charge >= 0.3 is 0 Å². The van der Waals surface area contributed by atoms with E-state index in [1.165, 1.54) is 0 Å². The smallest absolute Gasteiger partial charge is 0.131 e. The van der Waals surface area contributed by atoms with Crippen molar-refractivity contribution in [3.63, 3.8) is 0 Å². The van der Waals surface area contributed by atoms with Crippen molar-refractivity contribution in [2.45, 2.75) is 0 Å². The first kappa shape index (κ1) is 9.37. The lowest BCUT2D eigenvalue weighted by molar-refractivity contribution is 1.32. The Bertz CT molecular complexity index is 341. The molecule has 0 aliphatic carbocycles. The molecule has 1 heterocycles. The molecule has 62 valence electrons. The van der Waals surface area contributed by atoms with Crippen LogP contribution < -0.4 is 5.73 Å². The fourth-order valence-electron chi connectivity index (χ4n) is 0.677. The molecule has 0 aliphatic rings. The second kappa shape index (κ2) is 4.34. The highest BCUT2D eigenvalue weighted by atomic mass is 79.9. The van der Waals surface area contributed by atoms with Gasteiger partial charge in [0.15, 0.2) is 0 Å². The summed E-state index contributed by atoms with van der Waals surface area (Å²) in [6, 6.07) is 1.58. The Balaban J connectivity index is 3.01. The lowest BCUT2D eigenvalue weighted by Gasteiger charge is -1.96. The average Bonchev–Trinajstić information content (AvgIpc) is 2.03. The number of nitrogens with zero attached hydrogens (tertiary/aromatic N) is 1. The zero-order chi connectivity index (χ0) is 8.97. The van der Waals surface area contributed by atoms with Crippen molar-refractivity contribution < 1.29 is 0 Å². The van der Waals surface area contributed by atoms with E-state index in [0.717, 1.165) is 0 Å². The normalized spacial score (nSPS) is 8.83. The summed E-state index contributed by atoms with van der Waals surface area (Å²) < 4.78 is 0. The van der Waals surface area contributed by atoms with E-state index in [1.54, 1.807) is 12.3 Å². The van der Waals surface area contributed by atoms with Crippen LogP contribution in [0.15, 0.2) is 12.3 Å². The number of hydrogen-bond donors (Lipinski definition) is 1. The van der Waals surface area contributed by atoms with Gasteiger partial charge in [-0.2, -0.15) is 0 Å². The highest BCUT2D eigenvalue weighted by Gasteiger charge is 1.96. The summed E-state index contributed by atoms with van der Waals surface area (Å²) in [5, 5.41) is 1.01. The standard InChI is InChI=1S/C8H6BrClN2/c9-3-1-2-6-5-12-8(10)4-7(6)11/h4-5H,3H2,(H2,11,12). The minimum Gasteiger partial charge on any atom is -0.398 e. The predicted octanol–water partition coefficient (Wildman–Crippen LogP) is 2.06. The number of anilines is 1. The summed E-state index contributed by atoms with van der Waals surface area (Å²) >= 11 is 8.79. The minimum atomic E-state index is 0.386. The molecule has 1 aromatic rings. The molecule has 1 rings (SSSR count). The van der Waals surface area contributed by atoms with Gasteiger partial charge in [-0.25, -0.2) is 4.98 Å². The van der Waals surface area contributed by atoms with Crippen molar-refractivity contribution in [2.75, 3.05) is 11.1 Å². The van der Waals surface area contributed by atoms with Gasteiger partial charge in [-0.1, -0.05) is 39.4 Å². The van der Waals surface area contributed by atoms with Crippen LogP contribution in [0.5, 0.6) is 0 Å². The zero-order valence-electron chi connectivity index (χ0n) is 6.14. The largest absolute Gasteiger partial charge is 0.398 e. The molecule has 0 bridgehead atoms. The van der Waals surface area contributed by atoms with E-state index in [2.05, 4.69) is 32.8 Å². The number of pyridine rings is 1. The Morgan fingerprint density at radius 2 is 2.42 bits per heavy atom. The Morgan fingerprint density at radius 3 is 3.00 bits per heavy atom. The molecular weight excluding hydrogens is 239 g/mol. The molecule has 0 fully saturated rings. The molecule has 0 radical (unpaired) electrons. The third-order valence-electron chi connectivity index (χ3n) is 1.19. The fraction of sp³-hybridized carbons (Fsp3) is 0.125. The molecule has 4 heteroatoms. The van der Waals surface area contributed by atoms with Gasteiger partial charge in [-0.05, 0) is 6.07 Å². The Labute approximate surface area is 84.3 Å². The van der Waals surface area contributed by atoms with Gasteiger partial charge in [-0.3, -0.25) is 0 Å². The summed E-state index contributed by atoms with van der Waals surface area (Å²) in [6.45, 7) is 0. The second-order valence-corrected chi connectivity index (χ2v) is 2.98. The van der Waals surface area contributed by atoms with Crippen LogP contribution in [0.1, 0.15) is 5.56 Å². The van der Waals surface area contributed by atoms with Gasteiger partial charge in [0, 0.05) is 6.20 Å². The van der Waals surface area contributed by atoms with E-state index >= 15 is 0 Å². The quantitative estimate of drug-likeness (QED) is 0.432. The topological polar surface area (TPSA) is 38.9 Å². The highest BCUT2D eigenvalue weighted by Crippen LogP contribution is 2.13. The SMILES string of the molecule is Nc1cc(Cl)ncc1C#CCBr. The van der Waals surface area contributed by atoms with E-state index in [4.69, 9.17) is 17.3 Å². The van der Waals surface area contributed by atoms with E-state index in [-0.39, 0.29) is 0 Å². The first-order valence-electron chi connectivity index (χ1n) is 3.20. The minimum absolute atomic E-state index is 0.386. The molecule has 2 nitrogen and oxygen atoms in total. The van der Waals surface area contributed by atoms with Gasteiger partial charge in [0.25, 0.3) is 0 Å². The van der Waals surface area contributed by atoms with E-state index in [0.29, 0.717) is 21.7 Å². The summed E-state index contributed by atoms with van der Waals surface area (Å²) in [5.74, 6) is 5.68. The number of nitrogens with two attached hydrogens (primary N) is 1. The number of halogens is 2. The average molecular weight is 246 g/mol. The van der Waals surface area contributed by atoms with E-state index in [9.17, 15) is 0 Å². The van der Waals surface area contributed by atoms with Gasteiger partial charge < -0.3 is 5.73 Å². The molecular formula is C8H6BrClN2. The molecule has 1 aromatic heterocycles. The van der Waals surface area contributed by atoms with Crippen LogP contribution in [0.25, 0.3) is 0 Å². The number of hydrogen-bond acceptors (Lipinski definition) is 2. The molecule has 2 N–H and O–H groups in total. The van der Waals surface area contributed by atoms with E-state index in [1.807, 2.05) is 0 Å². The van der Waals surface area contributed by atoms with Crippen molar-refractivity contribution in [3.05, 3.63) is 23.0 Å². The van der Waals surface area contributed by atoms with Crippen molar-refractivity contribution in [2.24, 2.45) is 0 Å². The third-order valence-corrected chi connectivity index (χ3v) is 1.68. The van der Waals surface area contributed by atoms with Crippen LogP contribution in [0.2, 0.25) is 5.15 Å². The van der Waals surface area contributed by atoms with Crippen LogP contribution in [-0.4, -0.2) is 10.3 Å². The first-order valence-corrected chi connectivity index (χ1v) is 4.70. The summed E-state index contributed by atoms with van der Waals surface area (Å²) in [7, 11) is 0. The summed E-state index contributed by atoms with van der Waals surface area (Å²) in [6.07, 6.45) is 1.56. The molecule has 0 unspecified atom stereocenters. The molecule has 12 heavy (non-hydrogen) atoms. The molecule has 0 amide bonds. The van der Waals surface area contributed by atoms with Crippen molar-refractivity contribution >= 4 is 33.2 Å². The number of alkyl halides is 1. The fourth-order valence-corrected chi connectivity index (χ4v) is 0.984. The molecule has 0 atom stereocenters. The van der Waals surface area contributed by atoms with Crippen molar-refractivity contribution in [3.8, 4) is 11.8 Å². The van der Waals surface area contributed by atoms with Crippen LogP contribution in [0.3, 0.4) is 0 Å². The highest BCUT2D eigenvalue weighted by molar-refractivity contribution is 9.09. The predicted molar refractivity (Wildman–Crippen MR) is 54.3 cm³/mol. The van der Waals surface area contributed by atoms with E-state index < -0.39 is 0 Å². The van der Waals surface area contributed by atoms with Crippen LogP contribution >= 0.6 is 27.5 Å². The lowest BCUT2D eigenvalue weighted by atomic mass is 10.2. The maximum atomic E-state index is 5.62. The van der Waals surface area contributed by atoms with Crippen LogP contribution in [-0.2, 0) is 0 Å². The van der Waals surface area contributed by atoms with Gasteiger partial charge in [0.05, 0.1) is 16.6 Å². The van der Waals surface area contributed by atoms with Gasteiger partial charge in [0.2, 0.25) is 0 Å². The maximum absolute atomic E-state index is 5.62. The van der Waals surface area contributed by atoms with Crippen molar-refractivity contribution in [1.82, 2.24) is 4.98 Å². The monoisotopic (exact) mass is 244 g/mol. The van der Waals surface area contributed by atoms with Gasteiger partial charge in [-0.15, -0.1) is 0 Å².